The van der Waals surface area contributed by atoms with Gasteiger partial charge in [-0.1, -0.05) is 22.6 Å². The number of nitrogens with zero attached hydrogens (tertiary/aromatic N) is 1. The minimum Gasteiger partial charge on any atom is -0.453 e. The maximum Gasteiger partial charge on any atom is 0.411 e. The summed E-state index contributed by atoms with van der Waals surface area (Å²) in [6, 6.07) is 0. The molecule has 1 amide bonds. The number of rotatable bonds is 1. The van der Waals surface area contributed by atoms with Crippen molar-refractivity contribution in [3.63, 3.8) is 0 Å². The van der Waals surface area contributed by atoms with Gasteiger partial charge in [-0.3, -0.25) is 4.90 Å². The summed E-state index contributed by atoms with van der Waals surface area (Å²) in [6.45, 7) is 0.721. The predicted molar refractivity (Wildman–Crippen MR) is 52.3 cm³/mol. The van der Waals surface area contributed by atoms with Crippen LogP contribution < -0.4 is 0 Å². The van der Waals surface area contributed by atoms with E-state index < -0.39 is 0 Å². The lowest BCUT2D eigenvalue weighted by molar-refractivity contribution is 0.00387. The van der Waals surface area contributed by atoms with Crippen LogP contribution in [0.2, 0.25) is 0 Å². The van der Waals surface area contributed by atoms with Gasteiger partial charge < -0.3 is 9.47 Å². The first-order valence-electron chi connectivity index (χ1n) is 3.72. The fourth-order valence-electron chi connectivity index (χ4n) is 1.31. The summed E-state index contributed by atoms with van der Waals surface area (Å²) >= 11 is 2.28. The van der Waals surface area contributed by atoms with Crippen LogP contribution in [-0.4, -0.2) is 41.9 Å². The Kier molecular flexibility index (Phi) is 3.57. The van der Waals surface area contributed by atoms with E-state index in [0.29, 0.717) is 3.92 Å². The first kappa shape index (κ1) is 10.0. The quantitative estimate of drug-likeness (QED) is 0.537. The molecule has 1 heterocycles. The van der Waals surface area contributed by atoms with Crippen molar-refractivity contribution in [1.82, 2.24) is 4.90 Å². The molecule has 2 atom stereocenters. The second kappa shape index (κ2) is 4.27. The van der Waals surface area contributed by atoms with E-state index in [-0.39, 0.29) is 12.3 Å². The van der Waals surface area contributed by atoms with E-state index in [0.717, 1.165) is 13.0 Å². The second-order valence-electron chi connectivity index (χ2n) is 2.59. The number of carbonyl (C=O) groups is 1. The number of hydrogen-bond acceptors (Lipinski definition) is 3. The third kappa shape index (κ3) is 1.82. The molecular formula is C7H12INO3. The zero-order valence-corrected chi connectivity index (χ0v) is 9.28. The first-order chi connectivity index (χ1) is 5.70. The lowest BCUT2D eigenvalue weighted by atomic mass is 10.4. The smallest absolute Gasteiger partial charge is 0.411 e. The van der Waals surface area contributed by atoms with Crippen molar-refractivity contribution in [2.24, 2.45) is 0 Å². The molecule has 1 aliphatic rings. The molecule has 12 heavy (non-hydrogen) atoms. The number of amides is 1. The Morgan fingerprint density at radius 1 is 1.58 bits per heavy atom. The minimum absolute atomic E-state index is 0.127. The molecule has 0 aromatic rings. The Hall–Kier alpha value is -0.0400. The molecule has 0 aliphatic carbocycles. The zero-order chi connectivity index (χ0) is 9.14. The zero-order valence-electron chi connectivity index (χ0n) is 7.12. The van der Waals surface area contributed by atoms with Crippen molar-refractivity contribution in [2.75, 3.05) is 20.8 Å². The molecule has 1 rings (SSSR count). The van der Waals surface area contributed by atoms with Crippen molar-refractivity contribution in [3.05, 3.63) is 0 Å². The number of methoxy groups -OCH3 is 2. The Balaban J connectivity index is 2.60. The lowest BCUT2D eigenvalue weighted by Gasteiger charge is -2.23. The van der Waals surface area contributed by atoms with Crippen molar-refractivity contribution >= 4 is 28.7 Å². The second-order valence-corrected chi connectivity index (χ2v) is 4.19. The molecule has 5 heteroatoms. The monoisotopic (exact) mass is 285 g/mol. The molecule has 1 fully saturated rings. The fraction of sp³-hybridized carbons (Fsp3) is 0.857. The van der Waals surface area contributed by atoms with E-state index in [4.69, 9.17) is 4.74 Å². The lowest BCUT2D eigenvalue weighted by Crippen LogP contribution is -2.39. The molecule has 0 N–H and O–H groups in total. The summed E-state index contributed by atoms with van der Waals surface area (Å²) in [5, 5.41) is 0. The molecule has 0 aromatic heterocycles. The number of hydrogen-bond donors (Lipinski definition) is 0. The van der Waals surface area contributed by atoms with Gasteiger partial charge in [0, 0.05) is 13.7 Å². The van der Waals surface area contributed by atoms with Crippen LogP contribution in [-0.2, 0) is 9.47 Å². The van der Waals surface area contributed by atoms with E-state index >= 15 is 0 Å². The third-order valence-electron chi connectivity index (χ3n) is 1.91. The molecule has 1 aliphatic heterocycles. The van der Waals surface area contributed by atoms with Gasteiger partial charge in [0.25, 0.3) is 0 Å². The van der Waals surface area contributed by atoms with E-state index in [1.165, 1.54) is 7.11 Å². The van der Waals surface area contributed by atoms with Gasteiger partial charge >= 0.3 is 6.09 Å². The number of ether oxygens (including phenoxy) is 2. The topological polar surface area (TPSA) is 38.8 Å². The summed E-state index contributed by atoms with van der Waals surface area (Å²) in [5.74, 6) is 0. The average molecular weight is 285 g/mol. The van der Waals surface area contributed by atoms with Gasteiger partial charge in [-0.05, 0) is 6.42 Å². The minimum atomic E-state index is -0.305. The Morgan fingerprint density at radius 3 is 2.75 bits per heavy atom. The van der Waals surface area contributed by atoms with Crippen molar-refractivity contribution in [2.45, 2.75) is 16.6 Å². The Labute approximate surface area is 85.3 Å². The normalized spacial score (nSPS) is 29.1. The molecule has 4 nitrogen and oxygen atoms in total. The highest BCUT2D eigenvalue weighted by molar-refractivity contribution is 14.1. The van der Waals surface area contributed by atoms with Crippen LogP contribution in [0.1, 0.15) is 6.42 Å². The highest BCUT2D eigenvalue weighted by atomic mass is 127. The summed E-state index contributed by atoms with van der Waals surface area (Å²) in [4.78, 5) is 12.8. The van der Waals surface area contributed by atoms with E-state index in [2.05, 4.69) is 27.3 Å². The van der Waals surface area contributed by atoms with Gasteiger partial charge in [-0.25, -0.2) is 4.79 Å². The van der Waals surface area contributed by atoms with Gasteiger partial charge in [0.15, 0.2) is 0 Å². The number of likely N-dealkylation sites (tertiary alicyclic amines) is 1. The summed E-state index contributed by atoms with van der Waals surface area (Å²) in [7, 11) is 2.99. The van der Waals surface area contributed by atoms with Crippen molar-refractivity contribution < 1.29 is 14.3 Å². The van der Waals surface area contributed by atoms with Crippen LogP contribution in [0.25, 0.3) is 0 Å². The Morgan fingerprint density at radius 2 is 2.25 bits per heavy atom. The SMILES string of the molecule is COC(=O)N1CC[C@H](I)[C@H]1OC. The number of halogens is 1. The van der Waals surface area contributed by atoms with Gasteiger partial charge in [0.1, 0.15) is 6.23 Å². The van der Waals surface area contributed by atoms with E-state index in [1.54, 1.807) is 12.0 Å². The van der Waals surface area contributed by atoms with Crippen LogP contribution in [0.15, 0.2) is 0 Å². The van der Waals surface area contributed by atoms with Gasteiger partial charge in [0.05, 0.1) is 11.0 Å². The van der Waals surface area contributed by atoms with Crippen LogP contribution in [0.5, 0.6) is 0 Å². The number of alkyl halides is 1. The molecule has 0 aromatic carbocycles. The molecule has 70 valence electrons. The molecule has 0 saturated carbocycles. The Bertz CT molecular complexity index is 176. The number of carbonyl (C=O) groups excluding carboxylic acids is 1. The summed E-state index contributed by atoms with van der Waals surface area (Å²) < 4.78 is 10.2. The summed E-state index contributed by atoms with van der Waals surface area (Å²) in [6.07, 6.45) is 0.535. The summed E-state index contributed by atoms with van der Waals surface area (Å²) in [5.41, 5.74) is 0. The maximum atomic E-state index is 11.1. The predicted octanol–water partition coefficient (Wildman–Crippen LogP) is 1.23. The molecular weight excluding hydrogens is 273 g/mol. The highest BCUT2D eigenvalue weighted by Gasteiger charge is 2.36. The fourth-order valence-corrected chi connectivity index (χ4v) is 2.28. The highest BCUT2D eigenvalue weighted by Crippen LogP contribution is 2.25. The van der Waals surface area contributed by atoms with E-state index in [9.17, 15) is 4.79 Å². The van der Waals surface area contributed by atoms with Gasteiger partial charge in [0.2, 0.25) is 0 Å². The van der Waals surface area contributed by atoms with Crippen LogP contribution >= 0.6 is 22.6 Å². The van der Waals surface area contributed by atoms with Crippen LogP contribution in [0, 0.1) is 0 Å². The van der Waals surface area contributed by atoms with Crippen LogP contribution in [0.4, 0.5) is 4.79 Å². The van der Waals surface area contributed by atoms with Crippen molar-refractivity contribution in [3.8, 4) is 0 Å². The van der Waals surface area contributed by atoms with Crippen LogP contribution in [0.3, 0.4) is 0 Å². The third-order valence-corrected chi connectivity index (χ3v) is 3.15. The molecule has 0 radical (unpaired) electrons. The molecule has 1 saturated heterocycles. The van der Waals surface area contributed by atoms with E-state index in [1.807, 2.05) is 0 Å². The van der Waals surface area contributed by atoms with Crippen molar-refractivity contribution in [1.29, 1.82) is 0 Å². The van der Waals surface area contributed by atoms with Gasteiger partial charge in [-0.15, -0.1) is 0 Å². The largest absolute Gasteiger partial charge is 0.453 e. The maximum absolute atomic E-state index is 11.1. The first-order valence-corrected chi connectivity index (χ1v) is 4.96. The standard InChI is InChI=1S/C7H12INO3/c1-11-6-5(8)3-4-9(6)7(10)12-2/h5-6H,3-4H2,1-2H3/t5-,6+/m0/s1. The average Bonchev–Trinajstić information content (AvgIpc) is 2.45. The van der Waals surface area contributed by atoms with Gasteiger partial charge in [-0.2, -0.15) is 0 Å². The molecule has 0 unspecified atom stereocenters. The molecule has 0 bridgehead atoms. The molecule has 0 spiro atoms.